The van der Waals surface area contributed by atoms with Crippen molar-refractivity contribution < 1.29 is 23.2 Å². The molecule has 0 N–H and O–H groups in total. The number of aliphatic carboxylic acids is 1. The molecule has 8 nitrogen and oxygen atoms in total. The number of carbonyl (C=O) groups is 1. The van der Waals surface area contributed by atoms with E-state index in [1.54, 1.807) is 0 Å². The maximum atomic E-state index is 12.4. The van der Waals surface area contributed by atoms with Crippen LogP contribution in [0.5, 0.6) is 0 Å². The van der Waals surface area contributed by atoms with Gasteiger partial charge >= 0.3 is 0 Å². The van der Waals surface area contributed by atoms with Crippen molar-refractivity contribution in [2.24, 2.45) is 5.92 Å². The van der Waals surface area contributed by atoms with Gasteiger partial charge < -0.3 is 9.90 Å². The van der Waals surface area contributed by atoms with Gasteiger partial charge in [-0.3, -0.25) is 10.1 Å². The molecule has 1 aliphatic heterocycles. The van der Waals surface area contributed by atoms with Crippen LogP contribution >= 0.6 is 0 Å². The third-order valence-electron chi connectivity index (χ3n) is 3.45. The summed E-state index contributed by atoms with van der Waals surface area (Å²) >= 11 is 0. The third-order valence-corrected chi connectivity index (χ3v) is 5.35. The largest absolute Gasteiger partial charge is 0.550 e. The minimum absolute atomic E-state index is 0.0592. The average molecular weight is 313 g/mol. The zero-order valence-electron chi connectivity index (χ0n) is 11.0. The number of carbonyl (C=O) groups excluding carboxylic acids is 1. The normalized spacial score (nSPS) is 17.5. The monoisotopic (exact) mass is 313 g/mol. The number of carboxylic acid groups (broad SMARTS) is 1. The third kappa shape index (κ3) is 3.19. The van der Waals surface area contributed by atoms with Crippen LogP contribution in [-0.2, 0) is 14.8 Å². The molecule has 21 heavy (non-hydrogen) atoms. The summed E-state index contributed by atoms with van der Waals surface area (Å²) < 4.78 is 25.9. The van der Waals surface area contributed by atoms with E-state index < -0.39 is 26.8 Å². The first kappa shape index (κ1) is 15.4. The van der Waals surface area contributed by atoms with Gasteiger partial charge in [0.25, 0.3) is 5.69 Å². The van der Waals surface area contributed by atoms with Crippen LogP contribution in [0.15, 0.2) is 29.2 Å². The predicted molar refractivity (Wildman–Crippen MR) is 69.6 cm³/mol. The van der Waals surface area contributed by atoms with E-state index in [2.05, 4.69) is 0 Å². The van der Waals surface area contributed by atoms with Gasteiger partial charge in [0.15, 0.2) is 0 Å². The second kappa shape index (κ2) is 5.78. The summed E-state index contributed by atoms with van der Waals surface area (Å²) in [5, 5.41) is 21.4. The Kier molecular flexibility index (Phi) is 4.24. The van der Waals surface area contributed by atoms with Gasteiger partial charge in [-0.1, -0.05) is 6.07 Å². The Balaban J connectivity index is 2.21. The molecule has 0 amide bonds. The summed E-state index contributed by atoms with van der Waals surface area (Å²) in [7, 11) is -3.85. The van der Waals surface area contributed by atoms with Crippen molar-refractivity contribution in [1.82, 2.24) is 4.31 Å². The lowest BCUT2D eigenvalue weighted by Crippen LogP contribution is -2.43. The van der Waals surface area contributed by atoms with E-state index in [4.69, 9.17) is 0 Å². The number of nitro groups is 1. The van der Waals surface area contributed by atoms with Crippen molar-refractivity contribution in [3.63, 3.8) is 0 Å². The van der Waals surface area contributed by atoms with E-state index in [1.165, 1.54) is 18.2 Å². The Bertz CT molecular complexity index is 664. The lowest BCUT2D eigenvalue weighted by Gasteiger charge is -2.31. The van der Waals surface area contributed by atoms with Crippen LogP contribution in [0.2, 0.25) is 0 Å². The molecule has 2 rings (SSSR count). The average Bonchev–Trinajstić information content (AvgIpc) is 2.47. The SMILES string of the molecule is O=C([O-])C1CCN(S(=O)(=O)c2cccc([N+](=O)[O-])c2)CC1. The first-order chi connectivity index (χ1) is 9.82. The minimum atomic E-state index is -3.85. The quantitative estimate of drug-likeness (QED) is 0.558. The number of benzene rings is 1. The van der Waals surface area contributed by atoms with Crippen LogP contribution in [0.4, 0.5) is 5.69 Å². The first-order valence-corrected chi connectivity index (χ1v) is 7.72. The molecule has 1 saturated heterocycles. The van der Waals surface area contributed by atoms with E-state index in [-0.39, 0.29) is 36.5 Å². The highest BCUT2D eigenvalue weighted by Gasteiger charge is 2.30. The molecule has 0 aromatic heterocycles. The number of rotatable bonds is 4. The van der Waals surface area contributed by atoms with Crippen molar-refractivity contribution in [2.75, 3.05) is 13.1 Å². The Hall–Kier alpha value is -2.00. The molecule has 0 aliphatic carbocycles. The summed E-state index contributed by atoms with van der Waals surface area (Å²) in [5.41, 5.74) is -0.305. The molecular formula is C12H13N2O6S-. The van der Waals surface area contributed by atoms with Gasteiger partial charge in [0.05, 0.1) is 9.82 Å². The molecule has 0 radical (unpaired) electrons. The standard InChI is InChI=1S/C12H14N2O6S/c15-12(16)9-4-6-13(7-5-9)21(19,20)11-3-1-2-10(8-11)14(17)18/h1-3,8-9H,4-7H2,(H,15,16)/p-1. The minimum Gasteiger partial charge on any atom is -0.550 e. The molecule has 1 aliphatic rings. The van der Waals surface area contributed by atoms with Gasteiger partial charge in [-0.2, -0.15) is 4.31 Å². The van der Waals surface area contributed by atoms with Crippen LogP contribution < -0.4 is 5.11 Å². The summed E-state index contributed by atoms with van der Waals surface area (Å²) in [5.74, 6) is -1.83. The highest BCUT2D eigenvalue weighted by Crippen LogP contribution is 2.25. The number of sulfonamides is 1. The molecule has 1 aromatic carbocycles. The van der Waals surface area contributed by atoms with Crippen molar-refractivity contribution in [3.05, 3.63) is 34.4 Å². The Morgan fingerprint density at radius 2 is 1.90 bits per heavy atom. The smallest absolute Gasteiger partial charge is 0.270 e. The van der Waals surface area contributed by atoms with Crippen molar-refractivity contribution in [3.8, 4) is 0 Å². The topological polar surface area (TPSA) is 121 Å². The fraction of sp³-hybridized carbons (Fsp3) is 0.417. The second-order valence-corrected chi connectivity index (χ2v) is 6.69. The van der Waals surface area contributed by atoms with Crippen molar-refractivity contribution >= 4 is 21.7 Å². The molecule has 9 heteroatoms. The molecule has 0 saturated carbocycles. The summed E-state index contributed by atoms with van der Waals surface area (Å²) in [6.07, 6.45) is 0.354. The van der Waals surface area contributed by atoms with Crippen molar-refractivity contribution in [2.45, 2.75) is 17.7 Å². The van der Waals surface area contributed by atoms with E-state index in [9.17, 15) is 28.4 Å². The number of hydrogen-bond donors (Lipinski definition) is 0. The maximum absolute atomic E-state index is 12.4. The van der Waals surface area contributed by atoms with Crippen LogP contribution in [0.3, 0.4) is 0 Å². The van der Waals surface area contributed by atoms with Crippen LogP contribution in [-0.4, -0.2) is 36.7 Å². The Morgan fingerprint density at radius 1 is 1.29 bits per heavy atom. The van der Waals surface area contributed by atoms with Crippen molar-refractivity contribution in [1.29, 1.82) is 0 Å². The lowest BCUT2D eigenvalue weighted by atomic mass is 9.99. The Morgan fingerprint density at radius 3 is 2.43 bits per heavy atom. The molecule has 0 spiro atoms. The molecule has 0 atom stereocenters. The van der Waals surface area contributed by atoms with Gasteiger partial charge in [0.2, 0.25) is 10.0 Å². The molecule has 114 valence electrons. The maximum Gasteiger partial charge on any atom is 0.270 e. The molecule has 1 aromatic rings. The number of nitro benzene ring substituents is 1. The van der Waals surface area contributed by atoms with Gasteiger partial charge in [-0.25, -0.2) is 8.42 Å². The van der Waals surface area contributed by atoms with E-state index in [0.717, 1.165) is 10.4 Å². The zero-order valence-corrected chi connectivity index (χ0v) is 11.8. The highest BCUT2D eigenvalue weighted by atomic mass is 32.2. The molecule has 0 bridgehead atoms. The van der Waals surface area contributed by atoms with Crippen LogP contribution in [0.25, 0.3) is 0 Å². The number of hydrogen-bond acceptors (Lipinski definition) is 6. The lowest BCUT2D eigenvalue weighted by molar-refractivity contribution is -0.385. The number of carboxylic acids is 1. The number of piperidine rings is 1. The first-order valence-electron chi connectivity index (χ1n) is 6.28. The fourth-order valence-electron chi connectivity index (χ4n) is 2.24. The Labute approximate surface area is 121 Å². The number of non-ortho nitro benzene ring substituents is 1. The molecule has 1 heterocycles. The summed E-state index contributed by atoms with van der Waals surface area (Å²) in [6.45, 7) is 0.118. The number of nitrogens with zero attached hydrogens (tertiary/aromatic N) is 2. The second-order valence-electron chi connectivity index (χ2n) is 4.75. The molecule has 1 fully saturated rings. The molecule has 0 unspecified atom stereocenters. The predicted octanol–water partition coefficient (Wildman–Crippen LogP) is -0.255. The van der Waals surface area contributed by atoms with Crippen LogP contribution in [0.1, 0.15) is 12.8 Å². The van der Waals surface area contributed by atoms with Crippen LogP contribution in [0, 0.1) is 16.0 Å². The fourth-order valence-corrected chi connectivity index (χ4v) is 3.75. The van der Waals surface area contributed by atoms with Gasteiger partial charge in [-0.15, -0.1) is 0 Å². The van der Waals surface area contributed by atoms with Gasteiger partial charge in [0, 0.05) is 37.1 Å². The van der Waals surface area contributed by atoms with E-state index in [1.807, 2.05) is 0 Å². The van der Waals surface area contributed by atoms with E-state index in [0.29, 0.717) is 0 Å². The van der Waals surface area contributed by atoms with Gasteiger partial charge in [-0.05, 0) is 18.9 Å². The summed E-state index contributed by atoms with van der Waals surface area (Å²) in [4.78, 5) is 20.6. The molecular weight excluding hydrogens is 300 g/mol. The van der Waals surface area contributed by atoms with Gasteiger partial charge in [0.1, 0.15) is 0 Å². The van der Waals surface area contributed by atoms with E-state index >= 15 is 0 Å². The zero-order chi connectivity index (χ0) is 15.6. The highest BCUT2D eigenvalue weighted by molar-refractivity contribution is 7.89. The summed E-state index contributed by atoms with van der Waals surface area (Å²) in [6, 6.07) is 4.80.